The van der Waals surface area contributed by atoms with E-state index >= 15 is 0 Å². The number of nitrogens with zero attached hydrogens (tertiary/aromatic N) is 3. The fourth-order valence-electron chi connectivity index (χ4n) is 3.53. The topological polar surface area (TPSA) is 95.3 Å². The summed E-state index contributed by atoms with van der Waals surface area (Å²) in [6.07, 6.45) is 3.87. The number of carbonyl (C=O) groups excluding carboxylic acids is 1. The van der Waals surface area contributed by atoms with Crippen LogP contribution in [0.5, 0.6) is 11.5 Å². The Morgan fingerprint density at radius 2 is 2.03 bits per heavy atom. The summed E-state index contributed by atoms with van der Waals surface area (Å²) in [5.41, 5.74) is 3.28. The summed E-state index contributed by atoms with van der Waals surface area (Å²) in [5, 5.41) is 9.46. The lowest BCUT2D eigenvalue weighted by Crippen LogP contribution is -2.31. The van der Waals surface area contributed by atoms with Crippen LogP contribution in [-0.4, -0.2) is 27.5 Å². The van der Waals surface area contributed by atoms with E-state index in [0.717, 1.165) is 48.2 Å². The van der Waals surface area contributed by atoms with Crippen LogP contribution in [0.4, 0.5) is 5.13 Å². The molecule has 3 heterocycles. The van der Waals surface area contributed by atoms with Crippen LogP contribution in [0, 0.1) is 0 Å². The van der Waals surface area contributed by atoms with Crippen molar-refractivity contribution in [1.29, 1.82) is 0 Å². The van der Waals surface area contributed by atoms with Gasteiger partial charge in [-0.3, -0.25) is 9.59 Å². The van der Waals surface area contributed by atoms with Crippen molar-refractivity contribution in [2.75, 3.05) is 12.1 Å². The fraction of sp³-hybridized carbons (Fsp3) is 0.300. The van der Waals surface area contributed by atoms with Crippen LogP contribution in [0.15, 0.2) is 34.4 Å². The molecule has 1 aliphatic carbocycles. The molecule has 2 aliphatic rings. The molecule has 0 radical (unpaired) electrons. The van der Waals surface area contributed by atoms with Crippen molar-refractivity contribution in [3.05, 3.63) is 51.3 Å². The molecule has 1 N–H and O–H groups in total. The molecule has 0 saturated heterocycles. The van der Waals surface area contributed by atoms with E-state index in [-0.39, 0.29) is 24.8 Å². The molecule has 0 bridgehead atoms. The third-order valence-corrected chi connectivity index (χ3v) is 5.74. The molecule has 3 aromatic rings. The van der Waals surface area contributed by atoms with E-state index in [4.69, 9.17) is 9.47 Å². The Morgan fingerprint density at radius 3 is 2.97 bits per heavy atom. The lowest BCUT2D eigenvalue weighted by molar-refractivity contribution is -0.117. The maximum atomic E-state index is 12.4. The Hall–Kier alpha value is -3.20. The molecule has 148 valence electrons. The molecule has 2 aromatic heterocycles. The zero-order valence-electron chi connectivity index (χ0n) is 15.5. The van der Waals surface area contributed by atoms with Crippen LogP contribution < -0.4 is 20.3 Å². The highest BCUT2D eigenvalue weighted by Gasteiger charge is 2.17. The number of amides is 1. The van der Waals surface area contributed by atoms with Crippen LogP contribution in [-0.2, 0) is 24.2 Å². The average Bonchev–Trinajstić information content (AvgIpc) is 3.37. The van der Waals surface area contributed by atoms with Gasteiger partial charge in [0.15, 0.2) is 16.6 Å². The highest BCUT2D eigenvalue weighted by molar-refractivity contribution is 7.14. The van der Waals surface area contributed by atoms with Gasteiger partial charge in [0.25, 0.3) is 5.56 Å². The standard InChI is InChI=1S/C20H18N4O4S/c25-18(9-24-19(26)8-12-3-1-2-4-14(12)23-24)22-20-21-15(10-29-20)13-5-6-16-17(7-13)28-11-27-16/h5-8,10H,1-4,9,11H2,(H,21,22,25). The smallest absolute Gasteiger partial charge is 0.267 e. The van der Waals surface area contributed by atoms with Gasteiger partial charge in [0.2, 0.25) is 12.7 Å². The van der Waals surface area contributed by atoms with Gasteiger partial charge in [-0.25, -0.2) is 9.67 Å². The molecular formula is C20H18N4O4S. The van der Waals surface area contributed by atoms with Gasteiger partial charge in [-0.15, -0.1) is 11.3 Å². The van der Waals surface area contributed by atoms with Crippen molar-refractivity contribution < 1.29 is 14.3 Å². The third kappa shape index (κ3) is 3.61. The Kier molecular flexibility index (Phi) is 4.51. The lowest BCUT2D eigenvalue weighted by Gasteiger charge is -2.15. The normalized spacial score (nSPS) is 14.5. The Labute approximate surface area is 170 Å². The molecule has 1 aromatic carbocycles. The van der Waals surface area contributed by atoms with Crippen molar-refractivity contribution in [3.63, 3.8) is 0 Å². The molecule has 0 spiro atoms. The zero-order chi connectivity index (χ0) is 19.8. The van der Waals surface area contributed by atoms with Gasteiger partial charge in [0.05, 0.1) is 11.4 Å². The molecule has 0 saturated carbocycles. The molecule has 9 heteroatoms. The minimum Gasteiger partial charge on any atom is -0.454 e. The summed E-state index contributed by atoms with van der Waals surface area (Å²) in [6, 6.07) is 7.20. The van der Waals surface area contributed by atoms with E-state index in [1.165, 1.54) is 16.0 Å². The summed E-state index contributed by atoms with van der Waals surface area (Å²) < 4.78 is 11.9. The van der Waals surface area contributed by atoms with Crippen LogP contribution in [0.2, 0.25) is 0 Å². The van der Waals surface area contributed by atoms with Crippen molar-refractivity contribution in [2.24, 2.45) is 0 Å². The van der Waals surface area contributed by atoms with E-state index in [2.05, 4.69) is 15.4 Å². The summed E-state index contributed by atoms with van der Waals surface area (Å²) in [6.45, 7) is 0.0817. The number of thiazole rings is 1. The number of hydrogen-bond acceptors (Lipinski definition) is 7. The summed E-state index contributed by atoms with van der Waals surface area (Å²) in [5.74, 6) is 1.06. The first kappa shape index (κ1) is 17.9. The second-order valence-electron chi connectivity index (χ2n) is 6.97. The molecule has 0 unspecified atom stereocenters. The van der Waals surface area contributed by atoms with Crippen LogP contribution in [0.1, 0.15) is 24.1 Å². The summed E-state index contributed by atoms with van der Waals surface area (Å²) in [7, 11) is 0. The van der Waals surface area contributed by atoms with Gasteiger partial charge >= 0.3 is 0 Å². The molecule has 0 fully saturated rings. The number of fused-ring (bicyclic) bond motifs is 2. The van der Waals surface area contributed by atoms with Gasteiger partial charge in [-0.05, 0) is 49.4 Å². The molecule has 8 nitrogen and oxygen atoms in total. The van der Waals surface area contributed by atoms with Crippen LogP contribution in [0.25, 0.3) is 11.3 Å². The molecular weight excluding hydrogens is 392 g/mol. The minimum atomic E-state index is -0.332. The number of anilines is 1. The number of aryl methyl sites for hydroxylation is 2. The number of ether oxygens (including phenoxy) is 2. The molecule has 1 amide bonds. The fourth-order valence-corrected chi connectivity index (χ4v) is 4.26. The largest absolute Gasteiger partial charge is 0.454 e. The maximum Gasteiger partial charge on any atom is 0.267 e. The lowest BCUT2D eigenvalue weighted by atomic mass is 9.97. The molecule has 1 aliphatic heterocycles. The maximum absolute atomic E-state index is 12.4. The number of rotatable bonds is 4. The van der Waals surface area contributed by atoms with Gasteiger partial charge < -0.3 is 14.8 Å². The van der Waals surface area contributed by atoms with Crippen molar-refractivity contribution >= 4 is 22.4 Å². The van der Waals surface area contributed by atoms with E-state index in [0.29, 0.717) is 16.6 Å². The average molecular weight is 410 g/mol. The van der Waals surface area contributed by atoms with Gasteiger partial charge in [0.1, 0.15) is 6.54 Å². The first-order chi connectivity index (χ1) is 14.2. The van der Waals surface area contributed by atoms with Crippen LogP contribution in [0.3, 0.4) is 0 Å². The second-order valence-corrected chi connectivity index (χ2v) is 7.83. The first-order valence-corrected chi connectivity index (χ1v) is 10.3. The van der Waals surface area contributed by atoms with E-state index in [1.54, 1.807) is 6.07 Å². The summed E-state index contributed by atoms with van der Waals surface area (Å²) >= 11 is 1.32. The molecule has 29 heavy (non-hydrogen) atoms. The number of benzene rings is 1. The van der Waals surface area contributed by atoms with Crippen molar-refractivity contribution in [3.8, 4) is 22.8 Å². The number of carbonyl (C=O) groups is 1. The predicted octanol–water partition coefficient (Wildman–Crippen LogP) is 2.61. The number of aromatic nitrogens is 3. The molecule has 0 atom stereocenters. The highest BCUT2D eigenvalue weighted by Crippen LogP contribution is 2.36. The molecule has 5 rings (SSSR count). The highest BCUT2D eigenvalue weighted by atomic mass is 32.1. The summed E-state index contributed by atoms with van der Waals surface area (Å²) in [4.78, 5) is 29.1. The monoisotopic (exact) mass is 410 g/mol. The number of nitrogens with one attached hydrogen (secondary N) is 1. The zero-order valence-corrected chi connectivity index (χ0v) is 16.3. The first-order valence-electron chi connectivity index (χ1n) is 9.41. The Morgan fingerprint density at radius 1 is 1.17 bits per heavy atom. The number of hydrogen-bond donors (Lipinski definition) is 1. The third-order valence-electron chi connectivity index (χ3n) is 4.99. The second kappa shape index (κ2) is 7.32. The van der Waals surface area contributed by atoms with E-state index in [1.807, 2.05) is 23.6 Å². The quantitative estimate of drug-likeness (QED) is 0.710. The Bertz CT molecular complexity index is 1150. The van der Waals surface area contributed by atoms with Gasteiger partial charge in [-0.1, -0.05) is 0 Å². The predicted molar refractivity (Wildman–Crippen MR) is 107 cm³/mol. The van der Waals surface area contributed by atoms with E-state index in [9.17, 15) is 9.59 Å². The van der Waals surface area contributed by atoms with Crippen molar-refractivity contribution in [1.82, 2.24) is 14.8 Å². The Balaban J connectivity index is 1.29. The van der Waals surface area contributed by atoms with Crippen molar-refractivity contribution in [2.45, 2.75) is 32.2 Å². The SMILES string of the molecule is O=C(Cn1nc2c(cc1=O)CCCC2)Nc1nc(-c2ccc3c(c2)OCO3)cs1. The van der Waals surface area contributed by atoms with Gasteiger partial charge in [-0.2, -0.15) is 5.10 Å². The minimum absolute atomic E-state index is 0.134. The van der Waals surface area contributed by atoms with E-state index < -0.39 is 0 Å². The van der Waals surface area contributed by atoms with Crippen LogP contribution >= 0.6 is 11.3 Å². The van der Waals surface area contributed by atoms with Gasteiger partial charge in [0, 0.05) is 17.0 Å².